The Kier molecular flexibility index (Phi) is 6.18. The van der Waals surface area contributed by atoms with Gasteiger partial charge in [-0.2, -0.15) is 5.26 Å². The van der Waals surface area contributed by atoms with E-state index in [1.54, 1.807) is 23.1 Å². The summed E-state index contributed by atoms with van der Waals surface area (Å²) in [7, 11) is 0. The molecule has 2 aliphatic heterocycles. The Morgan fingerprint density at radius 2 is 1.75 bits per heavy atom. The van der Waals surface area contributed by atoms with Crippen molar-refractivity contribution in [3.8, 4) is 6.07 Å². The predicted molar refractivity (Wildman–Crippen MR) is 115 cm³/mol. The van der Waals surface area contributed by atoms with Crippen LogP contribution in [0.15, 0.2) is 36.4 Å². The van der Waals surface area contributed by atoms with Gasteiger partial charge in [0.2, 0.25) is 0 Å². The van der Waals surface area contributed by atoms with Crippen molar-refractivity contribution in [2.45, 2.75) is 0 Å². The molecule has 0 saturated carbocycles. The number of amides is 1. The zero-order valence-corrected chi connectivity index (χ0v) is 17.4. The fraction of sp³-hybridized carbons (Fsp3) is 0.364. The van der Waals surface area contributed by atoms with Crippen LogP contribution < -0.4 is 9.80 Å². The summed E-state index contributed by atoms with van der Waals surface area (Å²) in [5, 5.41) is 20.2. The van der Waals surface area contributed by atoms with Crippen molar-refractivity contribution in [3.63, 3.8) is 0 Å². The number of hydrogen-bond acceptors (Lipinski definition) is 7. The first kappa shape index (κ1) is 21.5. The van der Waals surface area contributed by atoms with E-state index in [1.165, 1.54) is 24.3 Å². The Hall–Kier alpha value is -3.71. The van der Waals surface area contributed by atoms with Gasteiger partial charge in [0.15, 0.2) is 0 Å². The highest BCUT2D eigenvalue weighted by Crippen LogP contribution is 2.28. The number of nitro benzene ring substituents is 1. The van der Waals surface area contributed by atoms with Crippen molar-refractivity contribution in [2.24, 2.45) is 0 Å². The number of nitro groups is 1. The molecule has 2 aromatic carbocycles. The van der Waals surface area contributed by atoms with E-state index in [2.05, 4.69) is 0 Å². The van der Waals surface area contributed by atoms with Crippen molar-refractivity contribution in [1.29, 1.82) is 5.26 Å². The minimum atomic E-state index is -0.574. The van der Waals surface area contributed by atoms with Crippen LogP contribution in [0.1, 0.15) is 15.9 Å². The zero-order valence-electron chi connectivity index (χ0n) is 17.4. The molecule has 2 aromatic rings. The van der Waals surface area contributed by atoms with Gasteiger partial charge < -0.3 is 19.4 Å². The third-order valence-corrected chi connectivity index (χ3v) is 5.78. The summed E-state index contributed by atoms with van der Waals surface area (Å²) in [5.41, 5.74) is 1.48. The standard InChI is InChI=1S/C22H22FN5O4/c23-20-14-17(2-1-16(20)15-24)25-5-7-27(8-6-25)22(29)19-13-18(28(30)31)3-4-21(19)26-9-11-32-12-10-26/h1-4,13-14H,5-12H2. The van der Waals surface area contributed by atoms with Gasteiger partial charge in [0.1, 0.15) is 11.9 Å². The van der Waals surface area contributed by atoms with Crippen molar-refractivity contribution < 1.29 is 18.8 Å². The number of rotatable bonds is 4. The first-order valence-corrected chi connectivity index (χ1v) is 10.3. The molecule has 0 spiro atoms. The number of halogens is 1. The minimum absolute atomic E-state index is 0.0103. The third kappa shape index (κ3) is 4.33. The van der Waals surface area contributed by atoms with Crippen molar-refractivity contribution >= 4 is 23.0 Å². The number of carbonyl (C=O) groups excluding carboxylic acids is 1. The zero-order chi connectivity index (χ0) is 22.7. The van der Waals surface area contributed by atoms with E-state index < -0.39 is 10.7 Å². The quantitative estimate of drug-likeness (QED) is 0.532. The average Bonchev–Trinajstić information content (AvgIpc) is 2.83. The third-order valence-electron chi connectivity index (χ3n) is 5.78. The van der Waals surface area contributed by atoms with E-state index in [9.17, 15) is 19.3 Å². The van der Waals surface area contributed by atoms with Gasteiger partial charge in [-0.1, -0.05) is 0 Å². The van der Waals surface area contributed by atoms with E-state index >= 15 is 0 Å². The van der Waals surface area contributed by atoms with Gasteiger partial charge >= 0.3 is 0 Å². The van der Waals surface area contributed by atoms with Gasteiger partial charge in [0.25, 0.3) is 11.6 Å². The van der Waals surface area contributed by atoms with E-state index in [0.717, 1.165) is 0 Å². The van der Waals surface area contributed by atoms with Gasteiger partial charge in [0, 0.05) is 57.1 Å². The lowest BCUT2D eigenvalue weighted by atomic mass is 10.1. The normalized spacial score (nSPS) is 16.6. The molecule has 166 valence electrons. The molecule has 4 rings (SSSR count). The highest BCUT2D eigenvalue weighted by Gasteiger charge is 2.28. The number of morpholine rings is 1. The summed E-state index contributed by atoms with van der Waals surface area (Å²) in [6, 6.07) is 10.7. The number of nitrogens with zero attached hydrogens (tertiary/aromatic N) is 5. The number of carbonyl (C=O) groups is 1. The summed E-state index contributed by atoms with van der Waals surface area (Å²) in [4.78, 5) is 29.8. The Morgan fingerprint density at radius 3 is 2.38 bits per heavy atom. The Labute approximate surface area is 184 Å². The number of ether oxygens (including phenoxy) is 1. The van der Waals surface area contributed by atoms with Gasteiger partial charge in [0.05, 0.1) is 35.0 Å². The summed E-state index contributed by atoms with van der Waals surface area (Å²) < 4.78 is 19.4. The summed E-state index contributed by atoms with van der Waals surface area (Å²) in [5.74, 6) is -0.837. The highest BCUT2D eigenvalue weighted by atomic mass is 19.1. The lowest BCUT2D eigenvalue weighted by Gasteiger charge is -2.37. The molecule has 2 heterocycles. The van der Waals surface area contributed by atoms with Gasteiger partial charge in [-0.05, 0) is 24.3 Å². The molecule has 2 aliphatic rings. The van der Waals surface area contributed by atoms with Crippen LogP contribution in [0.5, 0.6) is 0 Å². The topological polar surface area (TPSA) is 103 Å². The molecule has 0 radical (unpaired) electrons. The Balaban J connectivity index is 1.52. The summed E-state index contributed by atoms with van der Waals surface area (Å²) in [6.45, 7) is 4.04. The number of hydrogen-bond donors (Lipinski definition) is 0. The SMILES string of the molecule is N#Cc1ccc(N2CCN(C(=O)c3cc([N+](=O)[O-])ccc3N3CCOCC3)CC2)cc1F. The molecule has 2 saturated heterocycles. The second-order valence-corrected chi connectivity index (χ2v) is 7.61. The number of piperazine rings is 1. The summed E-state index contributed by atoms with van der Waals surface area (Å²) in [6.07, 6.45) is 0. The van der Waals surface area contributed by atoms with Gasteiger partial charge in [-0.3, -0.25) is 14.9 Å². The molecule has 0 aromatic heterocycles. The van der Waals surface area contributed by atoms with E-state index in [0.29, 0.717) is 69.4 Å². The molecule has 0 bridgehead atoms. The number of anilines is 2. The lowest BCUT2D eigenvalue weighted by molar-refractivity contribution is -0.384. The summed E-state index contributed by atoms with van der Waals surface area (Å²) >= 11 is 0. The number of benzene rings is 2. The second kappa shape index (κ2) is 9.20. The maximum atomic E-state index is 14.0. The van der Waals surface area contributed by atoms with E-state index in [4.69, 9.17) is 10.00 Å². The molecule has 1 amide bonds. The van der Waals surface area contributed by atoms with Crippen LogP contribution in [-0.2, 0) is 4.74 Å². The van der Waals surface area contributed by atoms with Crippen molar-refractivity contribution in [3.05, 3.63) is 63.5 Å². The number of nitriles is 1. The largest absolute Gasteiger partial charge is 0.378 e. The molecular weight excluding hydrogens is 417 g/mol. The van der Waals surface area contributed by atoms with Gasteiger partial charge in [-0.15, -0.1) is 0 Å². The molecule has 0 unspecified atom stereocenters. The fourth-order valence-corrected chi connectivity index (χ4v) is 4.02. The van der Waals surface area contributed by atoms with Crippen molar-refractivity contribution in [2.75, 3.05) is 62.3 Å². The van der Waals surface area contributed by atoms with Crippen LogP contribution in [0.25, 0.3) is 0 Å². The second-order valence-electron chi connectivity index (χ2n) is 7.61. The number of non-ortho nitro benzene ring substituents is 1. The first-order chi connectivity index (χ1) is 15.5. The Morgan fingerprint density at radius 1 is 1.03 bits per heavy atom. The van der Waals surface area contributed by atoms with Crippen LogP contribution >= 0.6 is 0 Å². The molecule has 32 heavy (non-hydrogen) atoms. The van der Waals surface area contributed by atoms with Crippen LogP contribution in [-0.4, -0.2) is 68.2 Å². The average molecular weight is 439 g/mol. The van der Waals surface area contributed by atoms with Crippen LogP contribution in [0.2, 0.25) is 0 Å². The molecule has 2 fully saturated rings. The predicted octanol–water partition coefficient (Wildman–Crippen LogP) is 2.40. The van der Waals surface area contributed by atoms with Gasteiger partial charge in [-0.25, -0.2) is 4.39 Å². The fourth-order valence-electron chi connectivity index (χ4n) is 4.02. The first-order valence-electron chi connectivity index (χ1n) is 10.3. The molecule has 9 nitrogen and oxygen atoms in total. The van der Waals surface area contributed by atoms with Crippen LogP contribution in [0.3, 0.4) is 0 Å². The van der Waals surface area contributed by atoms with E-state index in [1.807, 2.05) is 9.80 Å². The van der Waals surface area contributed by atoms with Crippen LogP contribution in [0, 0.1) is 27.3 Å². The van der Waals surface area contributed by atoms with Crippen LogP contribution in [0.4, 0.5) is 21.5 Å². The maximum absolute atomic E-state index is 14.0. The minimum Gasteiger partial charge on any atom is -0.378 e. The smallest absolute Gasteiger partial charge is 0.270 e. The maximum Gasteiger partial charge on any atom is 0.270 e. The lowest BCUT2D eigenvalue weighted by Crippen LogP contribution is -2.49. The molecule has 0 atom stereocenters. The van der Waals surface area contributed by atoms with Crippen molar-refractivity contribution in [1.82, 2.24) is 4.90 Å². The van der Waals surface area contributed by atoms with E-state index in [-0.39, 0.29) is 17.2 Å². The highest BCUT2D eigenvalue weighted by molar-refractivity contribution is 6.00. The molecular formula is C22H22FN5O4. The molecule has 10 heteroatoms. The Bertz CT molecular complexity index is 1070. The monoisotopic (exact) mass is 439 g/mol. The molecule has 0 aliphatic carbocycles. The molecule has 0 N–H and O–H groups in total.